The SMILES string of the molecule is Cc1cc(Cl)c(C(O)CCCCC(=O)O)cc1C. The Hall–Kier alpha value is -1.06. The Balaban J connectivity index is 2.58. The van der Waals surface area contributed by atoms with Gasteiger partial charge in [0.1, 0.15) is 0 Å². The lowest BCUT2D eigenvalue weighted by molar-refractivity contribution is -0.137. The first-order valence-corrected chi connectivity index (χ1v) is 6.46. The Morgan fingerprint density at radius 3 is 2.50 bits per heavy atom. The summed E-state index contributed by atoms with van der Waals surface area (Å²) in [7, 11) is 0. The number of aliphatic hydroxyl groups is 1. The molecule has 0 aromatic heterocycles. The molecule has 1 unspecified atom stereocenters. The van der Waals surface area contributed by atoms with Crippen molar-refractivity contribution in [3.8, 4) is 0 Å². The molecule has 0 aliphatic rings. The van der Waals surface area contributed by atoms with E-state index in [2.05, 4.69) is 0 Å². The highest BCUT2D eigenvalue weighted by Gasteiger charge is 2.13. The number of unbranched alkanes of at least 4 members (excludes halogenated alkanes) is 1. The van der Waals surface area contributed by atoms with Crippen molar-refractivity contribution >= 4 is 17.6 Å². The molecule has 1 rings (SSSR count). The molecular formula is C14H19ClO3. The molecule has 0 aliphatic carbocycles. The van der Waals surface area contributed by atoms with Crippen molar-refractivity contribution < 1.29 is 15.0 Å². The van der Waals surface area contributed by atoms with Gasteiger partial charge < -0.3 is 10.2 Å². The van der Waals surface area contributed by atoms with Crippen molar-refractivity contribution in [2.45, 2.75) is 45.6 Å². The molecule has 0 radical (unpaired) electrons. The van der Waals surface area contributed by atoms with E-state index < -0.39 is 12.1 Å². The number of carboxylic acids is 1. The normalized spacial score (nSPS) is 12.4. The molecule has 0 heterocycles. The van der Waals surface area contributed by atoms with Crippen molar-refractivity contribution in [3.63, 3.8) is 0 Å². The molecule has 1 aromatic carbocycles. The van der Waals surface area contributed by atoms with Crippen LogP contribution in [0.15, 0.2) is 12.1 Å². The lowest BCUT2D eigenvalue weighted by atomic mass is 9.99. The number of aryl methyl sites for hydroxylation is 2. The second kappa shape index (κ2) is 6.76. The highest BCUT2D eigenvalue weighted by molar-refractivity contribution is 6.31. The van der Waals surface area contributed by atoms with Crippen LogP contribution < -0.4 is 0 Å². The fourth-order valence-corrected chi connectivity index (χ4v) is 2.17. The van der Waals surface area contributed by atoms with E-state index in [0.717, 1.165) is 16.7 Å². The molecular weight excluding hydrogens is 252 g/mol. The van der Waals surface area contributed by atoms with E-state index in [-0.39, 0.29) is 6.42 Å². The van der Waals surface area contributed by atoms with Crippen molar-refractivity contribution in [2.24, 2.45) is 0 Å². The highest BCUT2D eigenvalue weighted by atomic mass is 35.5. The summed E-state index contributed by atoms with van der Waals surface area (Å²) < 4.78 is 0. The number of hydrogen-bond acceptors (Lipinski definition) is 2. The third kappa shape index (κ3) is 4.31. The standard InChI is InChI=1S/C14H19ClO3/c1-9-7-11(12(15)8-10(9)2)13(16)5-3-4-6-14(17)18/h7-8,13,16H,3-6H2,1-2H3,(H,17,18). The van der Waals surface area contributed by atoms with Crippen molar-refractivity contribution in [1.29, 1.82) is 0 Å². The Labute approximate surface area is 112 Å². The van der Waals surface area contributed by atoms with Gasteiger partial charge in [-0.15, -0.1) is 0 Å². The molecule has 0 fully saturated rings. The van der Waals surface area contributed by atoms with Gasteiger partial charge in [0.2, 0.25) is 0 Å². The third-order valence-electron chi connectivity index (χ3n) is 3.09. The zero-order valence-electron chi connectivity index (χ0n) is 10.7. The molecule has 0 aliphatic heterocycles. The van der Waals surface area contributed by atoms with E-state index >= 15 is 0 Å². The summed E-state index contributed by atoms with van der Waals surface area (Å²) in [5, 5.41) is 19.1. The summed E-state index contributed by atoms with van der Waals surface area (Å²) in [4.78, 5) is 10.4. The van der Waals surface area contributed by atoms with Crippen LogP contribution >= 0.6 is 11.6 Å². The largest absolute Gasteiger partial charge is 0.481 e. The van der Waals surface area contributed by atoms with Gasteiger partial charge in [-0.05, 0) is 55.9 Å². The van der Waals surface area contributed by atoms with E-state index in [9.17, 15) is 9.90 Å². The van der Waals surface area contributed by atoms with E-state index in [4.69, 9.17) is 16.7 Å². The minimum absolute atomic E-state index is 0.146. The second-order valence-corrected chi connectivity index (χ2v) is 5.02. The first kappa shape index (κ1) is 15.0. The minimum atomic E-state index is -0.797. The minimum Gasteiger partial charge on any atom is -0.481 e. The number of benzene rings is 1. The van der Waals surface area contributed by atoms with E-state index in [1.165, 1.54) is 0 Å². The first-order chi connectivity index (χ1) is 8.41. The maximum Gasteiger partial charge on any atom is 0.303 e. The first-order valence-electron chi connectivity index (χ1n) is 6.08. The molecule has 3 nitrogen and oxygen atoms in total. The van der Waals surface area contributed by atoms with Crippen LogP contribution in [0.3, 0.4) is 0 Å². The van der Waals surface area contributed by atoms with Crippen LogP contribution in [0.4, 0.5) is 0 Å². The average Bonchev–Trinajstić information content (AvgIpc) is 2.28. The molecule has 1 atom stereocenters. The fourth-order valence-electron chi connectivity index (χ4n) is 1.83. The molecule has 0 saturated heterocycles. The Bertz CT molecular complexity index is 429. The second-order valence-electron chi connectivity index (χ2n) is 4.61. The van der Waals surface area contributed by atoms with Gasteiger partial charge in [0, 0.05) is 11.4 Å². The molecule has 2 N–H and O–H groups in total. The predicted octanol–water partition coefficient (Wildman–Crippen LogP) is 3.64. The number of carboxylic acid groups (broad SMARTS) is 1. The van der Waals surface area contributed by atoms with Crippen LogP contribution in [-0.2, 0) is 4.79 Å². The van der Waals surface area contributed by atoms with E-state index in [1.807, 2.05) is 26.0 Å². The summed E-state index contributed by atoms with van der Waals surface area (Å²) in [6.07, 6.45) is 1.32. The van der Waals surface area contributed by atoms with Gasteiger partial charge in [-0.25, -0.2) is 0 Å². The fraction of sp³-hybridized carbons (Fsp3) is 0.500. The number of rotatable bonds is 6. The highest BCUT2D eigenvalue weighted by Crippen LogP contribution is 2.29. The molecule has 18 heavy (non-hydrogen) atoms. The predicted molar refractivity (Wildman–Crippen MR) is 72.0 cm³/mol. The molecule has 4 heteroatoms. The Morgan fingerprint density at radius 2 is 1.89 bits per heavy atom. The van der Waals surface area contributed by atoms with Gasteiger partial charge in [-0.2, -0.15) is 0 Å². The van der Waals surface area contributed by atoms with Gasteiger partial charge in [0.25, 0.3) is 0 Å². The summed E-state index contributed by atoms with van der Waals surface area (Å²) in [5.41, 5.74) is 2.93. The smallest absolute Gasteiger partial charge is 0.303 e. The van der Waals surface area contributed by atoms with E-state index in [0.29, 0.717) is 24.3 Å². The number of hydrogen-bond donors (Lipinski definition) is 2. The Morgan fingerprint density at radius 1 is 1.28 bits per heavy atom. The number of aliphatic carboxylic acids is 1. The van der Waals surface area contributed by atoms with Crippen LogP contribution in [0.1, 0.15) is 48.5 Å². The average molecular weight is 271 g/mol. The van der Waals surface area contributed by atoms with Crippen molar-refractivity contribution in [3.05, 3.63) is 33.8 Å². The topological polar surface area (TPSA) is 57.5 Å². The molecule has 1 aromatic rings. The molecule has 0 bridgehead atoms. The molecule has 0 spiro atoms. The van der Waals surface area contributed by atoms with Gasteiger partial charge in [-0.1, -0.05) is 17.7 Å². The monoisotopic (exact) mass is 270 g/mol. The van der Waals surface area contributed by atoms with Crippen LogP contribution in [0, 0.1) is 13.8 Å². The summed E-state index contributed by atoms with van der Waals surface area (Å²) in [6.45, 7) is 3.95. The quantitative estimate of drug-likeness (QED) is 0.776. The van der Waals surface area contributed by atoms with Crippen LogP contribution in [-0.4, -0.2) is 16.2 Å². The van der Waals surface area contributed by atoms with Crippen LogP contribution in [0.2, 0.25) is 5.02 Å². The zero-order chi connectivity index (χ0) is 13.7. The lowest BCUT2D eigenvalue weighted by Crippen LogP contribution is -2.01. The number of halogens is 1. The van der Waals surface area contributed by atoms with Crippen LogP contribution in [0.25, 0.3) is 0 Å². The van der Waals surface area contributed by atoms with Crippen molar-refractivity contribution in [2.75, 3.05) is 0 Å². The van der Waals surface area contributed by atoms with Gasteiger partial charge in [0.15, 0.2) is 0 Å². The molecule has 0 saturated carbocycles. The van der Waals surface area contributed by atoms with Crippen LogP contribution in [0.5, 0.6) is 0 Å². The lowest BCUT2D eigenvalue weighted by Gasteiger charge is -2.14. The molecule has 100 valence electrons. The Kier molecular flexibility index (Phi) is 5.63. The summed E-state index contributed by atoms with van der Waals surface area (Å²) in [6, 6.07) is 3.76. The van der Waals surface area contributed by atoms with E-state index in [1.54, 1.807) is 0 Å². The maximum atomic E-state index is 10.4. The summed E-state index contributed by atoms with van der Waals surface area (Å²) >= 11 is 6.11. The number of aliphatic hydroxyl groups excluding tert-OH is 1. The number of carbonyl (C=O) groups is 1. The van der Waals surface area contributed by atoms with Crippen molar-refractivity contribution in [1.82, 2.24) is 0 Å². The molecule has 0 amide bonds. The van der Waals surface area contributed by atoms with Gasteiger partial charge in [-0.3, -0.25) is 4.79 Å². The maximum absolute atomic E-state index is 10.4. The summed E-state index contributed by atoms with van der Waals surface area (Å²) in [5.74, 6) is -0.797. The third-order valence-corrected chi connectivity index (χ3v) is 3.42. The van der Waals surface area contributed by atoms with Gasteiger partial charge in [0.05, 0.1) is 6.10 Å². The zero-order valence-corrected chi connectivity index (χ0v) is 11.5. The van der Waals surface area contributed by atoms with Gasteiger partial charge >= 0.3 is 5.97 Å².